The highest BCUT2D eigenvalue weighted by Gasteiger charge is 2.11. The van der Waals surface area contributed by atoms with Crippen LogP contribution in [0.1, 0.15) is 16.9 Å². The quantitative estimate of drug-likeness (QED) is 0.643. The maximum absolute atomic E-state index is 12.3. The fraction of sp³-hybridized carbons (Fsp3) is 0.190. The van der Waals surface area contributed by atoms with Gasteiger partial charge in [0.05, 0.1) is 10.7 Å². The first-order chi connectivity index (χ1) is 13.0. The molecule has 2 aromatic carbocycles. The van der Waals surface area contributed by atoms with Gasteiger partial charge in [0.25, 0.3) is 5.91 Å². The molecular weight excluding hydrogens is 366 g/mol. The molecule has 2 N–H and O–H groups in total. The average molecular weight is 386 g/mol. The SMILES string of the molecule is Cc1ccc(OCC(=O)Nc2cc(-c3ccc(CO)o3)ccc2Cl)c(C)c1. The van der Waals surface area contributed by atoms with Gasteiger partial charge in [0.2, 0.25) is 0 Å². The van der Waals surface area contributed by atoms with Gasteiger partial charge in [-0.2, -0.15) is 0 Å². The van der Waals surface area contributed by atoms with E-state index >= 15 is 0 Å². The van der Waals surface area contributed by atoms with Crippen LogP contribution < -0.4 is 10.1 Å². The van der Waals surface area contributed by atoms with Gasteiger partial charge in [0.1, 0.15) is 23.9 Å². The Morgan fingerprint density at radius 2 is 1.96 bits per heavy atom. The van der Waals surface area contributed by atoms with E-state index in [9.17, 15) is 4.79 Å². The molecular formula is C21H20ClNO4. The molecule has 0 spiro atoms. The monoisotopic (exact) mass is 385 g/mol. The summed E-state index contributed by atoms with van der Waals surface area (Å²) in [6.07, 6.45) is 0. The van der Waals surface area contributed by atoms with Crippen molar-refractivity contribution in [3.05, 3.63) is 70.4 Å². The van der Waals surface area contributed by atoms with Crippen molar-refractivity contribution in [3.63, 3.8) is 0 Å². The number of furan rings is 1. The number of carbonyl (C=O) groups is 1. The van der Waals surface area contributed by atoms with Crippen LogP contribution >= 0.6 is 11.6 Å². The lowest BCUT2D eigenvalue weighted by molar-refractivity contribution is -0.118. The number of amides is 1. The van der Waals surface area contributed by atoms with Crippen LogP contribution in [0.5, 0.6) is 5.75 Å². The molecule has 0 radical (unpaired) electrons. The maximum atomic E-state index is 12.3. The number of aryl methyl sites for hydroxylation is 2. The molecule has 0 saturated carbocycles. The van der Waals surface area contributed by atoms with E-state index < -0.39 is 0 Å². The fourth-order valence-corrected chi connectivity index (χ4v) is 2.85. The number of aliphatic hydroxyl groups excluding tert-OH is 1. The third kappa shape index (κ3) is 4.70. The first-order valence-corrected chi connectivity index (χ1v) is 8.83. The van der Waals surface area contributed by atoms with Gasteiger partial charge in [0.15, 0.2) is 6.61 Å². The van der Waals surface area contributed by atoms with E-state index in [0.717, 1.165) is 16.7 Å². The first kappa shape index (κ1) is 19.0. The number of nitrogens with one attached hydrogen (secondary N) is 1. The molecule has 0 saturated heterocycles. The summed E-state index contributed by atoms with van der Waals surface area (Å²) in [5.41, 5.74) is 3.31. The molecule has 1 amide bonds. The maximum Gasteiger partial charge on any atom is 0.262 e. The Bertz CT molecular complexity index is 965. The van der Waals surface area contributed by atoms with E-state index in [2.05, 4.69) is 5.32 Å². The highest BCUT2D eigenvalue weighted by Crippen LogP contribution is 2.30. The fourth-order valence-electron chi connectivity index (χ4n) is 2.68. The van der Waals surface area contributed by atoms with Gasteiger partial charge in [-0.3, -0.25) is 4.79 Å². The molecule has 140 valence electrons. The minimum absolute atomic E-state index is 0.125. The molecule has 27 heavy (non-hydrogen) atoms. The van der Waals surface area contributed by atoms with Gasteiger partial charge in [-0.25, -0.2) is 0 Å². The van der Waals surface area contributed by atoms with Crippen LogP contribution in [0.3, 0.4) is 0 Å². The summed E-state index contributed by atoms with van der Waals surface area (Å²) in [4.78, 5) is 12.3. The van der Waals surface area contributed by atoms with E-state index in [1.54, 1.807) is 30.3 Å². The van der Waals surface area contributed by atoms with Gasteiger partial charge < -0.3 is 19.6 Å². The molecule has 3 rings (SSSR count). The zero-order valence-corrected chi connectivity index (χ0v) is 15.8. The Balaban J connectivity index is 1.69. The summed E-state index contributed by atoms with van der Waals surface area (Å²) < 4.78 is 11.1. The number of halogens is 1. The lowest BCUT2D eigenvalue weighted by Crippen LogP contribution is -2.20. The minimum Gasteiger partial charge on any atom is -0.483 e. The Morgan fingerprint density at radius 1 is 1.15 bits per heavy atom. The van der Waals surface area contributed by atoms with Crippen molar-refractivity contribution in [2.24, 2.45) is 0 Å². The minimum atomic E-state index is -0.315. The van der Waals surface area contributed by atoms with Gasteiger partial charge in [-0.1, -0.05) is 29.3 Å². The number of benzene rings is 2. The Morgan fingerprint density at radius 3 is 2.67 bits per heavy atom. The largest absolute Gasteiger partial charge is 0.483 e. The van der Waals surface area contributed by atoms with E-state index in [1.807, 2.05) is 32.0 Å². The van der Waals surface area contributed by atoms with Crippen LogP contribution in [0.4, 0.5) is 5.69 Å². The predicted octanol–water partition coefficient (Wildman–Crippen LogP) is 4.73. The molecule has 0 bridgehead atoms. The molecule has 0 atom stereocenters. The number of hydrogen-bond donors (Lipinski definition) is 2. The number of hydrogen-bond acceptors (Lipinski definition) is 4. The number of anilines is 1. The normalized spacial score (nSPS) is 10.7. The topological polar surface area (TPSA) is 71.7 Å². The van der Waals surface area contributed by atoms with E-state index in [1.165, 1.54) is 0 Å². The lowest BCUT2D eigenvalue weighted by Gasteiger charge is -2.11. The van der Waals surface area contributed by atoms with E-state index in [-0.39, 0.29) is 19.1 Å². The Hall–Kier alpha value is -2.76. The number of carbonyl (C=O) groups excluding carboxylic acids is 1. The molecule has 0 unspecified atom stereocenters. The molecule has 5 nitrogen and oxygen atoms in total. The van der Waals surface area contributed by atoms with E-state index in [0.29, 0.717) is 28.0 Å². The van der Waals surface area contributed by atoms with Crippen molar-refractivity contribution in [2.45, 2.75) is 20.5 Å². The van der Waals surface area contributed by atoms with Crippen LogP contribution in [-0.2, 0) is 11.4 Å². The highest BCUT2D eigenvalue weighted by atomic mass is 35.5. The first-order valence-electron chi connectivity index (χ1n) is 8.45. The second-order valence-electron chi connectivity index (χ2n) is 6.22. The Kier molecular flexibility index (Phi) is 5.84. The molecule has 1 heterocycles. The second kappa shape index (κ2) is 8.29. The summed E-state index contributed by atoms with van der Waals surface area (Å²) >= 11 is 6.19. The van der Waals surface area contributed by atoms with Gasteiger partial charge in [-0.15, -0.1) is 0 Å². The summed E-state index contributed by atoms with van der Waals surface area (Å²) in [7, 11) is 0. The van der Waals surface area contributed by atoms with Crippen LogP contribution in [0.15, 0.2) is 52.9 Å². The van der Waals surface area contributed by atoms with Gasteiger partial charge >= 0.3 is 0 Å². The van der Waals surface area contributed by atoms with Crippen molar-refractivity contribution < 1.29 is 19.1 Å². The van der Waals surface area contributed by atoms with Crippen molar-refractivity contribution in [1.82, 2.24) is 0 Å². The van der Waals surface area contributed by atoms with Crippen molar-refractivity contribution >= 4 is 23.2 Å². The van der Waals surface area contributed by atoms with Crippen LogP contribution in [-0.4, -0.2) is 17.6 Å². The van der Waals surface area contributed by atoms with Crippen molar-refractivity contribution in [1.29, 1.82) is 0 Å². The van der Waals surface area contributed by atoms with Crippen LogP contribution in [0.2, 0.25) is 5.02 Å². The lowest BCUT2D eigenvalue weighted by atomic mass is 10.1. The summed E-state index contributed by atoms with van der Waals surface area (Å²) in [6.45, 7) is 3.64. The average Bonchev–Trinajstić information content (AvgIpc) is 3.12. The second-order valence-corrected chi connectivity index (χ2v) is 6.63. The molecule has 0 fully saturated rings. The Labute approximate surface area is 162 Å². The molecule has 0 aliphatic rings. The molecule has 6 heteroatoms. The standard InChI is InChI=1S/C21H20ClNO4/c1-13-3-7-19(14(2)9-13)26-12-21(25)23-18-10-15(4-6-17(18)22)20-8-5-16(11-24)27-20/h3-10,24H,11-12H2,1-2H3,(H,23,25). The number of rotatable bonds is 6. The molecule has 0 aliphatic carbocycles. The summed E-state index contributed by atoms with van der Waals surface area (Å²) in [5.74, 6) is 1.40. The van der Waals surface area contributed by atoms with Crippen molar-refractivity contribution in [2.75, 3.05) is 11.9 Å². The molecule has 0 aliphatic heterocycles. The van der Waals surface area contributed by atoms with Crippen LogP contribution in [0.25, 0.3) is 11.3 Å². The predicted molar refractivity (Wildman–Crippen MR) is 105 cm³/mol. The zero-order valence-electron chi connectivity index (χ0n) is 15.1. The third-order valence-corrected chi connectivity index (χ3v) is 4.36. The molecule has 1 aromatic heterocycles. The van der Waals surface area contributed by atoms with Crippen molar-refractivity contribution in [3.8, 4) is 17.1 Å². The van der Waals surface area contributed by atoms with E-state index in [4.69, 9.17) is 25.9 Å². The molecule has 3 aromatic rings. The smallest absolute Gasteiger partial charge is 0.262 e. The summed E-state index contributed by atoms with van der Waals surface area (Å²) in [6, 6.07) is 14.4. The van der Waals surface area contributed by atoms with Gasteiger partial charge in [0, 0.05) is 5.56 Å². The third-order valence-electron chi connectivity index (χ3n) is 4.03. The number of ether oxygens (including phenoxy) is 1. The zero-order chi connectivity index (χ0) is 19.4. The summed E-state index contributed by atoms with van der Waals surface area (Å²) in [5, 5.41) is 12.3. The highest BCUT2D eigenvalue weighted by molar-refractivity contribution is 6.33. The number of aliphatic hydroxyl groups is 1. The van der Waals surface area contributed by atoms with Crippen LogP contribution in [0, 0.1) is 13.8 Å². The van der Waals surface area contributed by atoms with Gasteiger partial charge in [-0.05, 0) is 55.8 Å².